The maximum absolute atomic E-state index is 10.9. The molecule has 0 aromatic heterocycles. The molecule has 0 unspecified atom stereocenters. The van der Waals surface area contributed by atoms with E-state index in [4.69, 9.17) is 0 Å². The summed E-state index contributed by atoms with van der Waals surface area (Å²) in [5.41, 5.74) is 2.85. The zero-order chi connectivity index (χ0) is 10.2. The highest BCUT2D eigenvalue weighted by Crippen LogP contribution is 2.06. The predicted molar refractivity (Wildman–Crippen MR) is 57.7 cm³/mol. The molecule has 14 heavy (non-hydrogen) atoms. The van der Waals surface area contributed by atoms with Crippen molar-refractivity contribution in [1.82, 2.24) is 10.4 Å². The number of hydrazine groups is 1. The second kappa shape index (κ2) is 6.82. The summed E-state index contributed by atoms with van der Waals surface area (Å²) in [4.78, 5) is 10.9. The molecule has 0 aromatic carbocycles. The largest absolute Gasteiger partial charge is 0.289 e. The minimum absolute atomic E-state index is 0.177. The number of rotatable bonds is 7. The third kappa shape index (κ3) is 4.61. The first-order valence-electron chi connectivity index (χ1n) is 5.87. The molecule has 1 rings (SSSR count). The summed E-state index contributed by atoms with van der Waals surface area (Å²) in [7, 11) is 0. The third-order valence-corrected chi connectivity index (χ3v) is 2.67. The highest BCUT2D eigenvalue weighted by molar-refractivity contribution is 5.77. The van der Waals surface area contributed by atoms with E-state index in [2.05, 4.69) is 12.3 Å². The first kappa shape index (κ1) is 11.5. The summed E-state index contributed by atoms with van der Waals surface area (Å²) in [5.74, 6) is 0.177. The van der Waals surface area contributed by atoms with Crippen molar-refractivity contribution in [1.29, 1.82) is 0 Å². The Morgan fingerprint density at radius 2 is 1.93 bits per heavy atom. The molecule has 0 bridgehead atoms. The van der Waals surface area contributed by atoms with Crippen LogP contribution >= 0.6 is 0 Å². The molecule has 3 heteroatoms. The van der Waals surface area contributed by atoms with Gasteiger partial charge < -0.3 is 0 Å². The number of carbonyl (C=O) groups excluding carboxylic acids is 1. The molecular weight excluding hydrogens is 176 g/mol. The summed E-state index contributed by atoms with van der Waals surface area (Å²) in [6.07, 6.45) is 8.56. The number of carbonyl (C=O) groups is 1. The van der Waals surface area contributed by atoms with Crippen LogP contribution in [0.5, 0.6) is 0 Å². The van der Waals surface area contributed by atoms with Crippen LogP contribution in [0.1, 0.15) is 51.9 Å². The second-order valence-corrected chi connectivity index (χ2v) is 4.04. The van der Waals surface area contributed by atoms with E-state index in [9.17, 15) is 4.79 Å². The van der Waals surface area contributed by atoms with Crippen molar-refractivity contribution in [2.24, 2.45) is 0 Å². The Morgan fingerprint density at radius 3 is 2.57 bits per heavy atom. The molecule has 1 N–H and O–H groups in total. The van der Waals surface area contributed by atoms with E-state index in [0.717, 1.165) is 13.1 Å². The number of hydrogen-bond donors (Lipinski definition) is 1. The minimum atomic E-state index is 0.177. The van der Waals surface area contributed by atoms with Gasteiger partial charge in [-0.2, -0.15) is 0 Å². The van der Waals surface area contributed by atoms with Crippen molar-refractivity contribution >= 4 is 5.91 Å². The summed E-state index contributed by atoms with van der Waals surface area (Å²) in [5, 5.41) is 2.04. The highest BCUT2D eigenvalue weighted by atomic mass is 16.2. The van der Waals surface area contributed by atoms with Crippen LogP contribution in [0.3, 0.4) is 0 Å². The molecule has 0 atom stereocenters. The van der Waals surface area contributed by atoms with E-state index in [1.165, 1.54) is 38.5 Å². The van der Waals surface area contributed by atoms with Crippen molar-refractivity contribution in [2.75, 3.05) is 13.1 Å². The lowest BCUT2D eigenvalue weighted by Crippen LogP contribution is -2.33. The van der Waals surface area contributed by atoms with Crippen molar-refractivity contribution in [3.8, 4) is 0 Å². The molecule has 0 radical (unpaired) electrons. The van der Waals surface area contributed by atoms with Gasteiger partial charge in [0.15, 0.2) is 0 Å². The van der Waals surface area contributed by atoms with Crippen LogP contribution in [0.4, 0.5) is 0 Å². The summed E-state index contributed by atoms with van der Waals surface area (Å²) in [6.45, 7) is 4.16. The molecule has 1 aliphatic rings. The lowest BCUT2D eigenvalue weighted by Gasteiger charge is -2.13. The SMILES string of the molecule is CCCCCCCCN1CCC(=O)N1. The van der Waals surface area contributed by atoms with Crippen LogP contribution in [0.15, 0.2) is 0 Å². The van der Waals surface area contributed by atoms with E-state index in [1.807, 2.05) is 5.01 Å². The Hall–Kier alpha value is -0.570. The lowest BCUT2D eigenvalue weighted by atomic mass is 10.1. The molecule has 0 aliphatic carbocycles. The van der Waals surface area contributed by atoms with E-state index in [1.54, 1.807) is 0 Å². The summed E-state index contributed by atoms with van der Waals surface area (Å²) in [6, 6.07) is 0. The fourth-order valence-corrected chi connectivity index (χ4v) is 1.78. The molecule has 0 spiro atoms. The molecule has 1 aliphatic heterocycles. The number of hydrogen-bond acceptors (Lipinski definition) is 2. The summed E-state index contributed by atoms with van der Waals surface area (Å²) < 4.78 is 0. The quantitative estimate of drug-likeness (QED) is 0.635. The van der Waals surface area contributed by atoms with E-state index < -0.39 is 0 Å². The van der Waals surface area contributed by atoms with Crippen LogP contribution in [-0.4, -0.2) is 24.0 Å². The Balaban J connectivity index is 1.86. The molecule has 0 aromatic rings. The normalized spacial score (nSPS) is 17.4. The predicted octanol–water partition coefficient (Wildman–Crippen LogP) is 2.08. The van der Waals surface area contributed by atoms with E-state index in [0.29, 0.717) is 6.42 Å². The van der Waals surface area contributed by atoms with Gasteiger partial charge in [0.25, 0.3) is 0 Å². The lowest BCUT2D eigenvalue weighted by molar-refractivity contribution is -0.121. The fraction of sp³-hybridized carbons (Fsp3) is 0.909. The van der Waals surface area contributed by atoms with Gasteiger partial charge >= 0.3 is 0 Å². The third-order valence-electron chi connectivity index (χ3n) is 2.67. The van der Waals surface area contributed by atoms with E-state index in [-0.39, 0.29) is 5.91 Å². The Morgan fingerprint density at radius 1 is 1.21 bits per heavy atom. The molecule has 0 saturated carbocycles. The zero-order valence-electron chi connectivity index (χ0n) is 9.22. The zero-order valence-corrected chi connectivity index (χ0v) is 9.22. The molecular formula is C11H22N2O. The van der Waals surface area contributed by atoms with Crippen molar-refractivity contribution in [3.63, 3.8) is 0 Å². The Kier molecular flexibility index (Phi) is 5.60. The average molecular weight is 198 g/mol. The molecule has 3 nitrogen and oxygen atoms in total. The van der Waals surface area contributed by atoms with Crippen LogP contribution in [-0.2, 0) is 4.79 Å². The Labute approximate surface area is 86.8 Å². The Bertz CT molecular complexity index is 171. The van der Waals surface area contributed by atoms with Gasteiger partial charge in [0.2, 0.25) is 5.91 Å². The smallest absolute Gasteiger partial charge is 0.235 e. The van der Waals surface area contributed by atoms with Gasteiger partial charge in [0, 0.05) is 19.5 Å². The molecule has 1 amide bonds. The number of amides is 1. The first-order valence-corrected chi connectivity index (χ1v) is 5.87. The maximum atomic E-state index is 10.9. The fourth-order valence-electron chi connectivity index (χ4n) is 1.78. The monoisotopic (exact) mass is 198 g/mol. The van der Waals surface area contributed by atoms with Crippen molar-refractivity contribution in [2.45, 2.75) is 51.9 Å². The molecule has 1 heterocycles. The maximum Gasteiger partial charge on any atom is 0.235 e. The van der Waals surface area contributed by atoms with Crippen LogP contribution in [0.25, 0.3) is 0 Å². The average Bonchev–Trinajstić information content (AvgIpc) is 2.58. The van der Waals surface area contributed by atoms with Gasteiger partial charge in [-0.1, -0.05) is 39.0 Å². The molecule has 82 valence electrons. The van der Waals surface area contributed by atoms with Gasteiger partial charge in [0.1, 0.15) is 0 Å². The van der Waals surface area contributed by atoms with Gasteiger partial charge in [0.05, 0.1) is 0 Å². The van der Waals surface area contributed by atoms with Crippen LogP contribution < -0.4 is 5.43 Å². The number of nitrogens with zero attached hydrogens (tertiary/aromatic N) is 1. The molecule has 1 fully saturated rings. The van der Waals surface area contributed by atoms with Gasteiger partial charge in [-0.15, -0.1) is 0 Å². The van der Waals surface area contributed by atoms with E-state index >= 15 is 0 Å². The second-order valence-electron chi connectivity index (χ2n) is 4.04. The minimum Gasteiger partial charge on any atom is -0.289 e. The van der Waals surface area contributed by atoms with Gasteiger partial charge in [-0.25, -0.2) is 5.01 Å². The van der Waals surface area contributed by atoms with Gasteiger partial charge in [-0.3, -0.25) is 10.2 Å². The number of nitrogens with one attached hydrogen (secondary N) is 1. The first-order chi connectivity index (χ1) is 6.83. The van der Waals surface area contributed by atoms with Gasteiger partial charge in [-0.05, 0) is 6.42 Å². The van der Waals surface area contributed by atoms with Crippen LogP contribution in [0, 0.1) is 0 Å². The van der Waals surface area contributed by atoms with Crippen LogP contribution in [0.2, 0.25) is 0 Å². The topological polar surface area (TPSA) is 32.3 Å². The summed E-state index contributed by atoms with van der Waals surface area (Å²) >= 11 is 0. The standard InChI is InChI=1S/C11H22N2O/c1-2-3-4-5-6-7-9-13-10-8-11(14)12-13/h2-10H2,1H3,(H,12,14). The van der Waals surface area contributed by atoms with Crippen molar-refractivity contribution < 1.29 is 4.79 Å². The number of unbranched alkanes of at least 4 members (excludes halogenated alkanes) is 5. The molecule has 1 saturated heterocycles. The highest BCUT2D eigenvalue weighted by Gasteiger charge is 2.16. The van der Waals surface area contributed by atoms with Crippen molar-refractivity contribution in [3.05, 3.63) is 0 Å².